The first-order valence-electron chi connectivity index (χ1n) is 12.6. The Bertz CT molecular complexity index is 1700. The van der Waals surface area contributed by atoms with E-state index in [1.54, 1.807) is 47.0 Å². The molecule has 11 heteroatoms. The molecule has 0 unspecified atom stereocenters. The maximum Gasteiger partial charge on any atom is 0.264 e. The molecule has 3 aromatic carbocycles. The molecule has 0 aliphatic heterocycles. The molecule has 41 heavy (non-hydrogen) atoms. The van der Waals surface area contributed by atoms with Crippen LogP contribution in [0.3, 0.4) is 0 Å². The van der Waals surface area contributed by atoms with Gasteiger partial charge < -0.3 is 14.0 Å². The van der Waals surface area contributed by atoms with Crippen LogP contribution in [0.4, 0.5) is 10.1 Å². The Morgan fingerprint density at radius 3 is 2.32 bits per heavy atom. The quantitative estimate of drug-likeness (QED) is 0.213. The predicted molar refractivity (Wildman–Crippen MR) is 156 cm³/mol. The van der Waals surface area contributed by atoms with Crippen LogP contribution in [0.25, 0.3) is 5.69 Å². The smallest absolute Gasteiger partial charge is 0.264 e. The van der Waals surface area contributed by atoms with E-state index in [1.807, 2.05) is 26.8 Å². The Hall–Kier alpha value is -4.64. The van der Waals surface area contributed by atoms with Crippen LogP contribution in [0, 0.1) is 26.6 Å². The van der Waals surface area contributed by atoms with Gasteiger partial charge in [0.25, 0.3) is 15.9 Å². The first-order chi connectivity index (χ1) is 19.6. The summed E-state index contributed by atoms with van der Waals surface area (Å²) in [7, 11) is -1.33. The second-order valence-electron chi connectivity index (χ2n) is 9.27. The number of rotatable bonds is 10. The van der Waals surface area contributed by atoms with Crippen LogP contribution < -0.4 is 19.2 Å². The van der Waals surface area contributed by atoms with Crippen molar-refractivity contribution in [2.45, 2.75) is 25.7 Å². The monoisotopic (exact) mass is 578 g/mol. The van der Waals surface area contributed by atoms with E-state index in [0.29, 0.717) is 22.7 Å². The number of hydrazone groups is 1. The Morgan fingerprint density at radius 1 is 0.976 bits per heavy atom. The molecule has 0 bridgehead atoms. The van der Waals surface area contributed by atoms with Crippen molar-refractivity contribution in [1.82, 2.24) is 9.99 Å². The number of nitrogens with zero attached hydrogens (tertiary/aromatic N) is 3. The van der Waals surface area contributed by atoms with Gasteiger partial charge in [0.15, 0.2) is 11.5 Å². The number of methoxy groups -OCH3 is 2. The number of benzene rings is 3. The van der Waals surface area contributed by atoms with Gasteiger partial charge in [0.05, 0.1) is 36.7 Å². The molecule has 214 valence electrons. The van der Waals surface area contributed by atoms with Crippen molar-refractivity contribution in [2.75, 3.05) is 25.1 Å². The highest BCUT2D eigenvalue weighted by atomic mass is 32.2. The van der Waals surface area contributed by atoms with Crippen molar-refractivity contribution >= 4 is 27.8 Å². The fraction of sp³-hybridized carbons (Fsp3) is 0.200. The first kappa shape index (κ1) is 29.3. The van der Waals surface area contributed by atoms with Crippen LogP contribution in [0.2, 0.25) is 0 Å². The fourth-order valence-corrected chi connectivity index (χ4v) is 5.83. The summed E-state index contributed by atoms with van der Waals surface area (Å²) in [5.41, 5.74) is 6.22. The lowest BCUT2D eigenvalue weighted by Gasteiger charge is -2.24. The molecule has 0 radical (unpaired) electrons. The SMILES string of the molecule is COc1ccc(S(=O)(=O)N(CC(=O)N/N=C\c2cc(C)n(-c3ccccc3F)c2C)c2ccc(C)cc2)cc1OC. The Kier molecular flexibility index (Phi) is 8.77. The molecule has 4 aromatic rings. The molecule has 0 aliphatic rings. The van der Waals surface area contributed by atoms with Gasteiger partial charge in [-0.3, -0.25) is 9.10 Å². The molecule has 0 saturated heterocycles. The van der Waals surface area contributed by atoms with Gasteiger partial charge in [-0.05, 0) is 63.2 Å². The Morgan fingerprint density at radius 2 is 1.66 bits per heavy atom. The van der Waals surface area contributed by atoms with Gasteiger partial charge in [0.2, 0.25) is 0 Å². The number of anilines is 1. The average molecular weight is 579 g/mol. The highest BCUT2D eigenvalue weighted by Crippen LogP contribution is 2.32. The number of halogens is 1. The lowest BCUT2D eigenvalue weighted by molar-refractivity contribution is -0.119. The van der Waals surface area contributed by atoms with Crippen LogP contribution in [-0.2, 0) is 14.8 Å². The van der Waals surface area contributed by atoms with E-state index in [1.165, 1.54) is 44.7 Å². The van der Waals surface area contributed by atoms with Gasteiger partial charge in [-0.15, -0.1) is 0 Å². The molecule has 0 saturated carbocycles. The lowest BCUT2D eigenvalue weighted by Crippen LogP contribution is -2.39. The average Bonchev–Trinajstić information content (AvgIpc) is 3.24. The zero-order chi connectivity index (χ0) is 29.7. The van der Waals surface area contributed by atoms with E-state index < -0.39 is 22.5 Å². The number of aryl methyl sites for hydroxylation is 2. The number of hydrogen-bond acceptors (Lipinski definition) is 6. The van der Waals surface area contributed by atoms with E-state index >= 15 is 0 Å². The van der Waals surface area contributed by atoms with Gasteiger partial charge >= 0.3 is 0 Å². The summed E-state index contributed by atoms with van der Waals surface area (Å²) >= 11 is 0. The third-order valence-corrected chi connectivity index (χ3v) is 8.28. The minimum absolute atomic E-state index is 0.0763. The highest BCUT2D eigenvalue weighted by Gasteiger charge is 2.28. The van der Waals surface area contributed by atoms with Gasteiger partial charge in [0, 0.05) is 23.0 Å². The van der Waals surface area contributed by atoms with Crippen molar-refractivity contribution in [1.29, 1.82) is 0 Å². The largest absolute Gasteiger partial charge is 0.493 e. The standard InChI is InChI=1S/C30H31FN4O5S/c1-20-10-12-24(13-11-20)34(41(37,38)25-14-15-28(39-4)29(17-25)40-5)19-30(36)33-32-18-23-16-21(2)35(22(23)3)27-9-7-6-8-26(27)31/h6-18H,19H2,1-5H3,(H,33,36)/b32-18-. The number of nitrogens with one attached hydrogen (secondary N) is 1. The summed E-state index contributed by atoms with van der Waals surface area (Å²) in [5.74, 6) is -0.416. The molecule has 0 spiro atoms. The topological polar surface area (TPSA) is 102 Å². The second-order valence-corrected chi connectivity index (χ2v) is 11.1. The van der Waals surface area contributed by atoms with Crippen LogP contribution >= 0.6 is 0 Å². The highest BCUT2D eigenvalue weighted by molar-refractivity contribution is 7.92. The van der Waals surface area contributed by atoms with Crippen molar-refractivity contribution in [3.63, 3.8) is 0 Å². The van der Waals surface area contributed by atoms with Crippen molar-refractivity contribution in [3.05, 3.63) is 101 Å². The first-order valence-corrected chi connectivity index (χ1v) is 14.1. The second kappa shape index (κ2) is 12.3. The number of carbonyl (C=O) groups excluding carboxylic acids is 1. The molecule has 1 heterocycles. The third kappa shape index (κ3) is 6.25. The zero-order valence-electron chi connectivity index (χ0n) is 23.4. The molecule has 1 aromatic heterocycles. The summed E-state index contributed by atoms with van der Waals surface area (Å²) < 4.78 is 55.1. The van der Waals surface area contributed by atoms with E-state index in [9.17, 15) is 17.6 Å². The molecular formula is C30H31FN4O5S. The molecular weight excluding hydrogens is 547 g/mol. The summed E-state index contributed by atoms with van der Waals surface area (Å²) in [6.07, 6.45) is 1.44. The number of sulfonamides is 1. The van der Waals surface area contributed by atoms with E-state index in [4.69, 9.17) is 9.47 Å². The molecule has 4 rings (SSSR count). The number of ether oxygens (including phenoxy) is 2. The van der Waals surface area contributed by atoms with Crippen LogP contribution in [0.5, 0.6) is 11.5 Å². The fourth-order valence-electron chi connectivity index (χ4n) is 4.39. The molecule has 9 nitrogen and oxygen atoms in total. The molecule has 0 aliphatic carbocycles. The number of hydrogen-bond donors (Lipinski definition) is 1. The molecule has 0 fully saturated rings. The van der Waals surface area contributed by atoms with E-state index in [0.717, 1.165) is 21.3 Å². The van der Waals surface area contributed by atoms with Crippen LogP contribution in [0.15, 0.2) is 82.8 Å². The van der Waals surface area contributed by atoms with Gasteiger partial charge in [-0.2, -0.15) is 5.10 Å². The number of aromatic nitrogens is 1. The summed E-state index contributed by atoms with van der Waals surface area (Å²) in [6.45, 7) is 5.00. The van der Waals surface area contributed by atoms with Crippen molar-refractivity contribution in [3.8, 4) is 17.2 Å². The van der Waals surface area contributed by atoms with Gasteiger partial charge in [-0.1, -0.05) is 29.8 Å². The van der Waals surface area contributed by atoms with E-state index in [-0.39, 0.29) is 16.5 Å². The maximum absolute atomic E-state index is 14.4. The lowest BCUT2D eigenvalue weighted by atomic mass is 10.2. The normalized spacial score (nSPS) is 11.5. The summed E-state index contributed by atoms with van der Waals surface area (Å²) in [6, 6.07) is 19.2. The molecule has 1 amide bonds. The van der Waals surface area contributed by atoms with Crippen molar-refractivity contribution < 1.29 is 27.1 Å². The summed E-state index contributed by atoms with van der Waals surface area (Å²) in [4.78, 5) is 12.9. The summed E-state index contributed by atoms with van der Waals surface area (Å²) in [5, 5.41) is 4.05. The Labute approximate surface area is 238 Å². The minimum atomic E-state index is -4.19. The van der Waals surface area contributed by atoms with Gasteiger partial charge in [-0.25, -0.2) is 18.2 Å². The maximum atomic E-state index is 14.4. The van der Waals surface area contributed by atoms with E-state index in [2.05, 4.69) is 10.5 Å². The molecule has 1 N–H and O–H groups in total. The number of amides is 1. The predicted octanol–water partition coefficient (Wildman–Crippen LogP) is 4.90. The zero-order valence-corrected chi connectivity index (χ0v) is 24.2. The minimum Gasteiger partial charge on any atom is -0.493 e. The van der Waals surface area contributed by atoms with Crippen molar-refractivity contribution in [2.24, 2.45) is 5.10 Å². The van der Waals surface area contributed by atoms with Crippen LogP contribution in [-0.4, -0.2) is 45.9 Å². The third-order valence-electron chi connectivity index (χ3n) is 6.51. The Balaban J connectivity index is 1.59. The van der Waals surface area contributed by atoms with Gasteiger partial charge in [0.1, 0.15) is 12.4 Å². The number of para-hydroxylation sites is 1. The van der Waals surface area contributed by atoms with Crippen LogP contribution in [0.1, 0.15) is 22.5 Å². The molecule has 0 atom stereocenters. The number of carbonyl (C=O) groups is 1.